The number of aromatic nitrogens is 2. The number of ether oxygens (including phenoxy) is 2. The monoisotopic (exact) mass is 372 g/mol. The first-order chi connectivity index (χ1) is 12.4. The number of rotatable bonds is 6. The predicted molar refractivity (Wildman–Crippen MR) is 91.3 cm³/mol. The van der Waals surface area contributed by atoms with E-state index in [1.807, 2.05) is 6.92 Å². The van der Waals surface area contributed by atoms with Crippen LogP contribution in [0.5, 0.6) is 5.88 Å². The third-order valence-corrected chi connectivity index (χ3v) is 5.53. The quantitative estimate of drug-likeness (QED) is 0.803. The molecule has 2 atom stereocenters. The Morgan fingerprint density at radius 2 is 2.15 bits per heavy atom. The first kappa shape index (κ1) is 18.9. The molecular formula is C17H26F2N4O3. The van der Waals surface area contributed by atoms with Gasteiger partial charge in [0.05, 0.1) is 6.10 Å². The van der Waals surface area contributed by atoms with E-state index in [0.717, 1.165) is 36.8 Å². The summed E-state index contributed by atoms with van der Waals surface area (Å²) in [5.74, 6) is 0.0538. The van der Waals surface area contributed by atoms with Crippen molar-refractivity contribution in [3.05, 3.63) is 6.07 Å². The van der Waals surface area contributed by atoms with Gasteiger partial charge in [-0.3, -0.25) is 5.32 Å². The second-order valence-corrected chi connectivity index (χ2v) is 6.99. The van der Waals surface area contributed by atoms with Gasteiger partial charge in [-0.1, -0.05) is 19.3 Å². The van der Waals surface area contributed by atoms with Crippen LogP contribution in [0.4, 0.5) is 19.4 Å². The van der Waals surface area contributed by atoms with Crippen molar-refractivity contribution in [3.8, 4) is 5.88 Å². The second-order valence-electron chi connectivity index (χ2n) is 6.99. The molecule has 2 N–H and O–H groups in total. The van der Waals surface area contributed by atoms with Crippen molar-refractivity contribution in [2.45, 2.75) is 64.2 Å². The van der Waals surface area contributed by atoms with Gasteiger partial charge in [0.2, 0.25) is 5.88 Å². The van der Waals surface area contributed by atoms with Crippen LogP contribution in [0.2, 0.25) is 0 Å². The molecule has 0 bridgehead atoms. The number of amides is 2. The van der Waals surface area contributed by atoms with Crippen molar-refractivity contribution in [3.63, 3.8) is 0 Å². The van der Waals surface area contributed by atoms with Crippen molar-refractivity contribution in [2.24, 2.45) is 12.5 Å². The van der Waals surface area contributed by atoms with Gasteiger partial charge in [0.15, 0.2) is 5.82 Å². The highest BCUT2D eigenvalue weighted by atomic mass is 19.3. The second kappa shape index (κ2) is 7.77. The highest BCUT2D eigenvalue weighted by molar-refractivity contribution is 5.88. The number of carbonyl (C=O) groups excluding carboxylic acids is 1. The predicted octanol–water partition coefficient (Wildman–Crippen LogP) is 3.27. The molecule has 0 aromatic carbocycles. The minimum absolute atomic E-state index is 0.0136. The molecule has 2 aliphatic carbocycles. The Morgan fingerprint density at radius 3 is 2.81 bits per heavy atom. The summed E-state index contributed by atoms with van der Waals surface area (Å²) in [4.78, 5) is 12.3. The summed E-state index contributed by atoms with van der Waals surface area (Å²) >= 11 is 0. The van der Waals surface area contributed by atoms with Crippen molar-refractivity contribution >= 4 is 11.8 Å². The Kier molecular flexibility index (Phi) is 5.64. The lowest BCUT2D eigenvalue weighted by Gasteiger charge is -2.57. The number of anilines is 1. The molecule has 146 valence electrons. The van der Waals surface area contributed by atoms with Crippen LogP contribution in [0.3, 0.4) is 0 Å². The van der Waals surface area contributed by atoms with E-state index in [2.05, 4.69) is 20.5 Å². The maximum atomic E-state index is 12.3. The highest BCUT2D eigenvalue weighted by Gasteiger charge is 2.56. The molecule has 1 spiro atoms. The smallest absolute Gasteiger partial charge is 0.388 e. The van der Waals surface area contributed by atoms with Crippen LogP contribution in [-0.2, 0) is 11.8 Å². The van der Waals surface area contributed by atoms with Crippen LogP contribution in [0.25, 0.3) is 0 Å². The Bertz CT molecular complexity index is 632. The van der Waals surface area contributed by atoms with E-state index in [-0.39, 0.29) is 29.3 Å². The molecule has 2 saturated carbocycles. The zero-order valence-electron chi connectivity index (χ0n) is 15.1. The van der Waals surface area contributed by atoms with Gasteiger partial charge in [-0.15, -0.1) is 0 Å². The van der Waals surface area contributed by atoms with E-state index in [1.165, 1.54) is 19.5 Å². The summed E-state index contributed by atoms with van der Waals surface area (Å²) in [6.07, 6.45) is 6.62. The van der Waals surface area contributed by atoms with Crippen molar-refractivity contribution in [1.29, 1.82) is 0 Å². The summed E-state index contributed by atoms with van der Waals surface area (Å²) in [6, 6.07) is 0.933. The average Bonchev–Trinajstić information content (AvgIpc) is 2.93. The largest absolute Gasteiger partial charge is 0.417 e. The van der Waals surface area contributed by atoms with Crippen LogP contribution < -0.4 is 15.4 Å². The zero-order chi connectivity index (χ0) is 18.7. The SMILES string of the molecule is CCOC1CC(NC(=O)Nc2cc(OC(F)F)n(C)n2)C12CCCCC2. The van der Waals surface area contributed by atoms with Gasteiger partial charge in [-0.25, -0.2) is 9.48 Å². The van der Waals surface area contributed by atoms with Gasteiger partial charge in [0, 0.05) is 31.2 Å². The van der Waals surface area contributed by atoms with Gasteiger partial charge < -0.3 is 14.8 Å². The molecule has 2 fully saturated rings. The van der Waals surface area contributed by atoms with Crippen LogP contribution in [0.1, 0.15) is 45.4 Å². The van der Waals surface area contributed by atoms with Crippen molar-refractivity contribution in [2.75, 3.05) is 11.9 Å². The van der Waals surface area contributed by atoms with Gasteiger partial charge in [0.1, 0.15) is 0 Å². The van der Waals surface area contributed by atoms with E-state index < -0.39 is 12.6 Å². The number of hydrogen-bond acceptors (Lipinski definition) is 4. The molecule has 1 aromatic heterocycles. The Morgan fingerprint density at radius 1 is 1.42 bits per heavy atom. The minimum atomic E-state index is -2.94. The summed E-state index contributed by atoms with van der Waals surface area (Å²) < 4.78 is 36.0. The molecule has 2 amide bonds. The van der Waals surface area contributed by atoms with E-state index in [4.69, 9.17) is 4.74 Å². The summed E-state index contributed by atoms with van der Waals surface area (Å²) in [5, 5.41) is 9.58. The Hall–Kier alpha value is -1.90. The molecule has 1 aromatic rings. The van der Waals surface area contributed by atoms with Crippen LogP contribution >= 0.6 is 0 Å². The van der Waals surface area contributed by atoms with Gasteiger partial charge in [-0.05, 0) is 26.2 Å². The number of nitrogens with zero attached hydrogens (tertiary/aromatic N) is 2. The number of hydrogen-bond donors (Lipinski definition) is 2. The molecule has 2 aliphatic rings. The van der Waals surface area contributed by atoms with E-state index >= 15 is 0 Å². The summed E-state index contributed by atoms with van der Waals surface area (Å²) in [6.45, 7) is -0.278. The Balaban J connectivity index is 1.59. The Labute approximate surface area is 151 Å². The maximum absolute atomic E-state index is 12.3. The topological polar surface area (TPSA) is 77.4 Å². The fourth-order valence-electron chi connectivity index (χ4n) is 4.29. The first-order valence-corrected chi connectivity index (χ1v) is 9.12. The van der Waals surface area contributed by atoms with Gasteiger partial charge in [0.25, 0.3) is 0 Å². The molecule has 2 unspecified atom stereocenters. The standard InChI is InChI=1S/C17H26F2N4O3/c1-3-25-12-9-11(17(12)7-5-4-6-8-17)20-16(24)21-13-10-14(23(2)22-13)26-15(18)19/h10-12,15H,3-9H2,1-2H3,(H2,20,21,22,24). The molecule has 1 heterocycles. The molecule has 26 heavy (non-hydrogen) atoms. The number of halogens is 2. The highest BCUT2D eigenvalue weighted by Crippen LogP contribution is 2.53. The van der Waals surface area contributed by atoms with E-state index in [1.54, 1.807) is 0 Å². The summed E-state index contributed by atoms with van der Waals surface area (Å²) in [5.41, 5.74) is 0.0136. The normalized spacial score (nSPS) is 24.3. The van der Waals surface area contributed by atoms with Crippen molar-refractivity contribution < 1.29 is 23.0 Å². The molecule has 7 nitrogen and oxygen atoms in total. The van der Waals surface area contributed by atoms with Crippen molar-refractivity contribution in [1.82, 2.24) is 15.1 Å². The third-order valence-electron chi connectivity index (χ3n) is 5.53. The first-order valence-electron chi connectivity index (χ1n) is 9.12. The molecule has 0 saturated heterocycles. The van der Waals surface area contributed by atoms with E-state index in [0.29, 0.717) is 6.61 Å². The number of nitrogens with one attached hydrogen (secondary N) is 2. The number of aryl methyl sites for hydroxylation is 1. The third kappa shape index (κ3) is 3.77. The van der Waals surface area contributed by atoms with Crippen LogP contribution in [0, 0.1) is 5.41 Å². The fraction of sp³-hybridized carbons (Fsp3) is 0.765. The number of urea groups is 1. The molecule has 0 aliphatic heterocycles. The lowest BCUT2D eigenvalue weighted by atomic mass is 9.55. The molecule has 0 radical (unpaired) electrons. The molecule has 9 heteroatoms. The average molecular weight is 372 g/mol. The molecular weight excluding hydrogens is 346 g/mol. The zero-order valence-corrected chi connectivity index (χ0v) is 15.1. The van der Waals surface area contributed by atoms with Gasteiger partial charge >= 0.3 is 12.6 Å². The fourth-order valence-corrected chi connectivity index (χ4v) is 4.29. The van der Waals surface area contributed by atoms with Gasteiger partial charge in [-0.2, -0.15) is 13.9 Å². The van der Waals surface area contributed by atoms with E-state index in [9.17, 15) is 13.6 Å². The maximum Gasteiger partial charge on any atom is 0.388 e. The molecule has 3 rings (SSSR count). The lowest BCUT2D eigenvalue weighted by Crippen LogP contribution is -2.65. The van der Waals surface area contributed by atoms with Crippen LogP contribution in [0.15, 0.2) is 6.07 Å². The number of alkyl halides is 2. The van der Waals surface area contributed by atoms with Crippen LogP contribution in [-0.4, -0.2) is 41.2 Å². The lowest BCUT2D eigenvalue weighted by molar-refractivity contribution is -0.146. The summed E-state index contributed by atoms with van der Waals surface area (Å²) in [7, 11) is 1.47. The minimum Gasteiger partial charge on any atom is -0.417 e. The number of carbonyl (C=O) groups is 1.